The zero-order valence-corrected chi connectivity index (χ0v) is 17.6. The highest BCUT2D eigenvalue weighted by Gasteiger charge is 2.29. The summed E-state index contributed by atoms with van der Waals surface area (Å²) in [7, 11) is 0. The van der Waals surface area contributed by atoms with Gasteiger partial charge in [-0.15, -0.1) is 0 Å². The number of carbonyl (C=O) groups excluding carboxylic acids is 1. The maximum absolute atomic E-state index is 13.5. The van der Waals surface area contributed by atoms with Crippen molar-refractivity contribution in [1.29, 1.82) is 0 Å². The highest BCUT2D eigenvalue weighted by molar-refractivity contribution is 8.00. The molecule has 0 aliphatic carbocycles. The summed E-state index contributed by atoms with van der Waals surface area (Å²) in [4.78, 5) is 24.3. The fourth-order valence-electron chi connectivity index (χ4n) is 3.62. The van der Waals surface area contributed by atoms with Crippen molar-refractivity contribution in [1.82, 2.24) is 24.6 Å². The molecule has 1 aliphatic heterocycles. The summed E-state index contributed by atoms with van der Waals surface area (Å²) in [6.45, 7) is 2.35. The number of fused-ring (bicyclic) bond motifs is 1. The zero-order valence-electron chi connectivity index (χ0n) is 16.8. The van der Waals surface area contributed by atoms with Crippen molar-refractivity contribution in [2.45, 2.75) is 10.3 Å². The molecular formula is C23H21N5O2S. The average Bonchev–Trinajstić information content (AvgIpc) is 3.29. The van der Waals surface area contributed by atoms with Crippen molar-refractivity contribution in [3.63, 3.8) is 0 Å². The molecule has 1 fully saturated rings. The van der Waals surface area contributed by atoms with Gasteiger partial charge in [-0.1, -0.05) is 60.3 Å². The van der Waals surface area contributed by atoms with E-state index in [1.807, 2.05) is 65.6 Å². The van der Waals surface area contributed by atoms with Gasteiger partial charge in [-0.2, -0.15) is 5.10 Å². The number of morpholine rings is 1. The molecule has 0 bridgehead atoms. The molecule has 0 N–H and O–H groups in total. The van der Waals surface area contributed by atoms with Gasteiger partial charge in [0, 0.05) is 13.1 Å². The van der Waals surface area contributed by atoms with Crippen LogP contribution in [0.25, 0.3) is 16.7 Å². The number of hydrogen-bond acceptors (Lipinski definition) is 6. The predicted molar refractivity (Wildman–Crippen MR) is 119 cm³/mol. The molecule has 156 valence electrons. The Morgan fingerprint density at radius 3 is 2.42 bits per heavy atom. The van der Waals surface area contributed by atoms with Gasteiger partial charge in [-0.3, -0.25) is 4.79 Å². The molecule has 1 atom stereocenters. The molecule has 1 saturated heterocycles. The van der Waals surface area contributed by atoms with Crippen molar-refractivity contribution in [3.8, 4) is 5.69 Å². The number of aromatic nitrogens is 4. The molecule has 7 nitrogen and oxygen atoms in total. The topological polar surface area (TPSA) is 73.1 Å². The molecule has 8 heteroatoms. The first-order valence-electron chi connectivity index (χ1n) is 10.1. The second-order valence-electron chi connectivity index (χ2n) is 7.15. The molecule has 5 rings (SSSR count). The SMILES string of the molecule is O=C([C@@H](Sc1ncnc2c1cnn2-c1ccccc1)c1ccccc1)N1CCOCC1. The lowest BCUT2D eigenvalue weighted by atomic mass is 10.1. The number of benzene rings is 2. The van der Waals surface area contributed by atoms with E-state index in [-0.39, 0.29) is 5.91 Å². The van der Waals surface area contributed by atoms with E-state index in [0.717, 1.165) is 21.7 Å². The van der Waals surface area contributed by atoms with Crippen LogP contribution in [-0.2, 0) is 9.53 Å². The fourth-order valence-corrected chi connectivity index (χ4v) is 4.77. The summed E-state index contributed by atoms with van der Waals surface area (Å²) in [5.41, 5.74) is 2.59. The first-order valence-corrected chi connectivity index (χ1v) is 11.0. The van der Waals surface area contributed by atoms with E-state index < -0.39 is 5.25 Å². The van der Waals surface area contributed by atoms with Crippen molar-refractivity contribution in [2.75, 3.05) is 26.3 Å². The maximum Gasteiger partial charge on any atom is 0.240 e. The van der Waals surface area contributed by atoms with Gasteiger partial charge in [0.05, 0.1) is 30.5 Å². The lowest BCUT2D eigenvalue weighted by Gasteiger charge is -2.30. The summed E-state index contributed by atoms with van der Waals surface area (Å²) in [5.74, 6) is 0.0710. The average molecular weight is 432 g/mol. The number of para-hydroxylation sites is 1. The van der Waals surface area contributed by atoms with E-state index >= 15 is 0 Å². The quantitative estimate of drug-likeness (QED) is 0.356. The Hall–Kier alpha value is -3.23. The van der Waals surface area contributed by atoms with Crippen LogP contribution in [0.1, 0.15) is 10.8 Å². The molecule has 2 aromatic carbocycles. The molecule has 2 aromatic heterocycles. The van der Waals surface area contributed by atoms with Crippen LogP contribution < -0.4 is 0 Å². The maximum atomic E-state index is 13.5. The van der Waals surface area contributed by atoms with Gasteiger partial charge in [-0.25, -0.2) is 14.6 Å². The van der Waals surface area contributed by atoms with Gasteiger partial charge in [0.1, 0.15) is 16.6 Å². The second-order valence-corrected chi connectivity index (χ2v) is 8.25. The number of ether oxygens (including phenoxy) is 1. The Kier molecular flexibility index (Phi) is 5.64. The van der Waals surface area contributed by atoms with E-state index in [2.05, 4.69) is 15.1 Å². The summed E-state index contributed by atoms with van der Waals surface area (Å²) >= 11 is 1.45. The zero-order chi connectivity index (χ0) is 21.0. The van der Waals surface area contributed by atoms with E-state index in [4.69, 9.17) is 4.74 Å². The number of amides is 1. The molecule has 31 heavy (non-hydrogen) atoms. The Labute approximate surface area is 184 Å². The molecule has 3 heterocycles. The van der Waals surface area contributed by atoms with Gasteiger partial charge in [0.15, 0.2) is 5.65 Å². The third kappa shape index (κ3) is 4.04. The van der Waals surface area contributed by atoms with Crippen molar-refractivity contribution < 1.29 is 9.53 Å². The number of carbonyl (C=O) groups is 1. The van der Waals surface area contributed by atoms with Gasteiger partial charge < -0.3 is 9.64 Å². The predicted octanol–water partition coefficient (Wildman–Crippen LogP) is 3.51. The Morgan fingerprint density at radius 2 is 1.68 bits per heavy atom. The molecule has 4 aromatic rings. The first-order chi connectivity index (χ1) is 15.3. The molecule has 0 unspecified atom stereocenters. The van der Waals surface area contributed by atoms with Crippen molar-refractivity contribution in [2.24, 2.45) is 0 Å². The minimum absolute atomic E-state index is 0.0710. The third-order valence-electron chi connectivity index (χ3n) is 5.21. The van der Waals surface area contributed by atoms with Crippen molar-refractivity contribution >= 4 is 28.7 Å². The summed E-state index contributed by atoms with van der Waals surface area (Å²) in [6.07, 6.45) is 3.30. The highest BCUT2D eigenvalue weighted by Crippen LogP contribution is 2.38. The summed E-state index contributed by atoms with van der Waals surface area (Å²) < 4.78 is 7.22. The minimum Gasteiger partial charge on any atom is -0.378 e. The normalized spacial score (nSPS) is 15.2. The second kappa shape index (κ2) is 8.87. The van der Waals surface area contributed by atoms with Gasteiger partial charge in [0.25, 0.3) is 0 Å². The Morgan fingerprint density at radius 1 is 0.968 bits per heavy atom. The lowest BCUT2D eigenvalue weighted by Crippen LogP contribution is -2.42. The molecule has 0 radical (unpaired) electrons. The highest BCUT2D eigenvalue weighted by atomic mass is 32.2. The third-order valence-corrected chi connectivity index (χ3v) is 6.47. The van der Waals surface area contributed by atoms with Crippen LogP contribution in [0.2, 0.25) is 0 Å². The number of thioether (sulfide) groups is 1. The van der Waals surface area contributed by atoms with E-state index in [0.29, 0.717) is 32.0 Å². The van der Waals surface area contributed by atoms with Crippen LogP contribution >= 0.6 is 11.8 Å². The van der Waals surface area contributed by atoms with E-state index in [1.54, 1.807) is 10.9 Å². The van der Waals surface area contributed by atoms with Crippen LogP contribution in [-0.4, -0.2) is 56.9 Å². The molecule has 1 aliphatic rings. The van der Waals surface area contributed by atoms with Gasteiger partial charge >= 0.3 is 0 Å². The van der Waals surface area contributed by atoms with Crippen LogP contribution in [0.4, 0.5) is 0 Å². The van der Waals surface area contributed by atoms with E-state index in [1.165, 1.54) is 18.1 Å². The lowest BCUT2D eigenvalue weighted by molar-refractivity contribution is -0.134. The standard InChI is InChI=1S/C23H21N5O2S/c29-23(27-11-13-30-14-12-27)20(17-7-3-1-4-8-17)31-22-19-15-26-28(21(19)24-16-25-22)18-9-5-2-6-10-18/h1-10,15-16,20H,11-14H2/t20-/m0/s1. The first kappa shape index (κ1) is 19.7. The Bertz CT molecular complexity index is 1180. The van der Waals surface area contributed by atoms with Crippen LogP contribution in [0.3, 0.4) is 0 Å². The van der Waals surface area contributed by atoms with E-state index in [9.17, 15) is 4.79 Å². The molecular weight excluding hydrogens is 410 g/mol. The number of rotatable bonds is 5. The molecule has 0 saturated carbocycles. The molecule has 1 amide bonds. The van der Waals surface area contributed by atoms with Crippen LogP contribution in [0, 0.1) is 0 Å². The number of nitrogens with zero attached hydrogens (tertiary/aromatic N) is 5. The summed E-state index contributed by atoms with van der Waals surface area (Å²) in [5, 5.41) is 5.69. The molecule has 0 spiro atoms. The monoisotopic (exact) mass is 431 g/mol. The van der Waals surface area contributed by atoms with Crippen LogP contribution in [0.5, 0.6) is 0 Å². The fraction of sp³-hybridized carbons (Fsp3) is 0.217. The van der Waals surface area contributed by atoms with Crippen LogP contribution in [0.15, 0.2) is 78.2 Å². The largest absolute Gasteiger partial charge is 0.378 e. The van der Waals surface area contributed by atoms with Crippen molar-refractivity contribution in [3.05, 3.63) is 78.8 Å². The summed E-state index contributed by atoms with van der Waals surface area (Å²) in [6, 6.07) is 19.7. The van der Waals surface area contributed by atoms with Gasteiger partial charge in [-0.05, 0) is 17.7 Å². The number of hydrogen-bond donors (Lipinski definition) is 0. The smallest absolute Gasteiger partial charge is 0.240 e. The Balaban J connectivity index is 1.52. The minimum atomic E-state index is -0.405. The van der Waals surface area contributed by atoms with Gasteiger partial charge in [0.2, 0.25) is 5.91 Å².